The van der Waals surface area contributed by atoms with Crippen LogP contribution in [0.4, 0.5) is 5.69 Å². The molecule has 6 nitrogen and oxygen atoms in total. The molecule has 1 aromatic carbocycles. The molecule has 1 amide bonds. The van der Waals surface area contributed by atoms with Crippen LogP contribution in [0.2, 0.25) is 0 Å². The van der Waals surface area contributed by atoms with Gasteiger partial charge >= 0.3 is 0 Å². The summed E-state index contributed by atoms with van der Waals surface area (Å²) >= 11 is 0. The smallest absolute Gasteiger partial charge is 0.269 e. The van der Waals surface area contributed by atoms with Crippen LogP contribution in [0.25, 0.3) is 0 Å². The van der Waals surface area contributed by atoms with Gasteiger partial charge in [0.05, 0.1) is 11.5 Å². The van der Waals surface area contributed by atoms with E-state index in [4.69, 9.17) is 0 Å². The van der Waals surface area contributed by atoms with Crippen molar-refractivity contribution in [2.75, 3.05) is 20.1 Å². The van der Waals surface area contributed by atoms with E-state index < -0.39 is 4.92 Å². The Labute approximate surface area is 118 Å². The van der Waals surface area contributed by atoms with Crippen molar-refractivity contribution in [2.24, 2.45) is 0 Å². The largest absolute Gasteiger partial charge is 0.352 e. The van der Waals surface area contributed by atoms with Crippen molar-refractivity contribution in [2.45, 2.75) is 13.0 Å². The third kappa shape index (κ3) is 4.47. The number of carbonyl (C=O) groups is 1. The lowest BCUT2D eigenvalue weighted by atomic mass is 10.1. The highest BCUT2D eigenvalue weighted by Crippen LogP contribution is 2.22. The van der Waals surface area contributed by atoms with E-state index >= 15 is 0 Å². The number of amides is 1. The van der Waals surface area contributed by atoms with Crippen molar-refractivity contribution in [3.63, 3.8) is 0 Å². The number of hydrogen-bond acceptors (Lipinski definition) is 4. The van der Waals surface area contributed by atoms with E-state index in [1.807, 2.05) is 17.9 Å². The Bertz CT molecular complexity index is 502. The summed E-state index contributed by atoms with van der Waals surface area (Å²) in [6, 6.07) is 6.35. The number of non-ortho nitro benzene ring substituents is 1. The fourth-order valence-corrected chi connectivity index (χ4v) is 1.76. The summed E-state index contributed by atoms with van der Waals surface area (Å²) in [7, 11) is 1.80. The first kappa shape index (κ1) is 15.8. The molecule has 0 fully saturated rings. The van der Waals surface area contributed by atoms with Crippen LogP contribution >= 0.6 is 0 Å². The second kappa shape index (κ2) is 7.40. The van der Waals surface area contributed by atoms with Crippen molar-refractivity contribution in [1.29, 1.82) is 0 Å². The van der Waals surface area contributed by atoms with Crippen molar-refractivity contribution in [3.05, 3.63) is 52.6 Å². The van der Waals surface area contributed by atoms with Gasteiger partial charge in [-0.05, 0) is 19.5 Å². The van der Waals surface area contributed by atoms with Gasteiger partial charge in [0.15, 0.2) is 0 Å². The summed E-state index contributed by atoms with van der Waals surface area (Å²) in [5, 5.41) is 13.5. The first-order chi connectivity index (χ1) is 9.45. The van der Waals surface area contributed by atoms with Gasteiger partial charge in [0.1, 0.15) is 0 Å². The molecule has 0 saturated heterocycles. The number of nitro benzene ring substituents is 1. The van der Waals surface area contributed by atoms with Crippen LogP contribution in [0, 0.1) is 10.1 Å². The number of hydrogen-bond donors (Lipinski definition) is 1. The zero-order valence-corrected chi connectivity index (χ0v) is 11.7. The van der Waals surface area contributed by atoms with E-state index in [9.17, 15) is 14.9 Å². The SMILES string of the molecule is C=CCNC(=O)CN(C)[C@H](C)c1cccc([N+](=O)[O-])c1. The van der Waals surface area contributed by atoms with Gasteiger partial charge in [0, 0.05) is 24.7 Å². The molecule has 1 aromatic rings. The Morgan fingerprint density at radius 1 is 1.60 bits per heavy atom. The number of carbonyl (C=O) groups excluding carboxylic acids is 1. The summed E-state index contributed by atoms with van der Waals surface area (Å²) < 4.78 is 0. The van der Waals surface area contributed by atoms with Crippen LogP contribution in [-0.4, -0.2) is 35.9 Å². The summed E-state index contributed by atoms with van der Waals surface area (Å²) in [6.45, 7) is 6.08. The molecule has 0 aromatic heterocycles. The first-order valence-corrected chi connectivity index (χ1v) is 6.28. The minimum absolute atomic E-state index is 0.0545. The van der Waals surface area contributed by atoms with Gasteiger partial charge < -0.3 is 5.32 Å². The molecule has 0 unspecified atom stereocenters. The molecule has 1 atom stereocenters. The number of nitro groups is 1. The monoisotopic (exact) mass is 277 g/mol. The molecule has 6 heteroatoms. The number of nitrogens with one attached hydrogen (secondary N) is 1. The molecule has 0 spiro atoms. The van der Waals surface area contributed by atoms with Crippen molar-refractivity contribution >= 4 is 11.6 Å². The van der Waals surface area contributed by atoms with E-state index in [1.165, 1.54) is 12.1 Å². The molecular weight excluding hydrogens is 258 g/mol. The molecule has 0 aliphatic rings. The molecule has 1 rings (SSSR count). The highest BCUT2D eigenvalue weighted by molar-refractivity contribution is 5.78. The fraction of sp³-hybridized carbons (Fsp3) is 0.357. The van der Waals surface area contributed by atoms with E-state index in [0.717, 1.165) is 5.56 Å². The Balaban J connectivity index is 2.71. The maximum Gasteiger partial charge on any atom is 0.269 e. The van der Waals surface area contributed by atoms with Gasteiger partial charge in [0.2, 0.25) is 5.91 Å². The standard InChI is InChI=1S/C14H19N3O3/c1-4-8-15-14(18)10-16(3)11(2)12-6-5-7-13(9-12)17(19)20/h4-7,9,11H,1,8,10H2,2-3H3,(H,15,18)/t11-/m1/s1. The lowest BCUT2D eigenvalue weighted by Crippen LogP contribution is -2.36. The van der Waals surface area contributed by atoms with E-state index in [1.54, 1.807) is 19.2 Å². The van der Waals surface area contributed by atoms with Crippen LogP contribution in [0.1, 0.15) is 18.5 Å². The molecular formula is C14H19N3O3. The van der Waals surface area contributed by atoms with Crippen LogP contribution in [0.3, 0.4) is 0 Å². The molecule has 0 saturated carbocycles. The summed E-state index contributed by atoms with van der Waals surface area (Å²) in [4.78, 5) is 23.8. The van der Waals surface area contributed by atoms with Gasteiger partial charge in [0.25, 0.3) is 5.69 Å². The Morgan fingerprint density at radius 2 is 2.30 bits per heavy atom. The van der Waals surface area contributed by atoms with Crippen molar-refractivity contribution in [3.8, 4) is 0 Å². The second-order valence-corrected chi connectivity index (χ2v) is 4.54. The summed E-state index contributed by atoms with van der Waals surface area (Å²) in [5.74, 6) is -0.107. The Hall–Kier alpha value is -2.21. The fourth-order valence-electron chi connectivity index (χ4n) is 1.76. The Kier molecular flexibility index (Phi) is 5.86. The van der Waals surface area contributed by atoms with Gasteiger partial charge in [-0.1, -0.05) is 18.2 Å². The quantitative estimate of drug-likeness (QED) is 0.469. The first-order valence-electron chi connectivity index (χ1n) is 6.28. The zero-order valence-electron chi connectivity index (χ0n) is 11.7. The predicted molar refractivity (Wildman–Crippen MR) is 77.3 cm³/mol. The maximum atomic E-state index is 11.6. The van der Waals surface area contributed by atoms with Gasteiger partial charge in [-0.15, -0.1) is 6.58 Å². The second-order valence-electron chi connectivity index (χ2n) is 4.54. The number of benzene rings is 1. The maximum absolute atomic E-state index is 11.6. The minimum Gasteiger partial charge on any atom is -0.352 e. The van der Waals surface area contributed by atoms with Crippen LogP contribution in [0.5, 0.6) is 0 Å². The van der Waals surface area contributed by atoms with Crippen molar-refractivity contribution in [1.82, 2.24) is 10.2 Å². The molecule has 0 aliphatic heterocycles. The van der Waals surface area contributed by atoms with Gasteiger partial charge in [-0.2, -0.15) is 0 Å². The predicted octanol–water partition coefficient (Wildman–Crippen LogP) is 1.89. The molecule has 108 valence electrons. The zero-order chi connectivity index (χ0) is 15.1. The normalized spacial score (nSPS) is 11.9. The van der Waals surface area contributed by atoms with Crippen LogP contribution in [0.15, 0.2) is 36.9 Å². The average molecular weight is 277 g/mol. The highest BCUT2D eigenvalue weighted by atomic mass is 16.6. The third-order valence-electron chi connectivity index (χ3n) is 3.06. The van der Waals surface area contributed by atoms with E-state index in [0.29, 0.717) is 6.54 Å². The molecule has 0 bridgehead atoms. The topological polar surface area (TPSA) is 75.5 Å². The molecule has 20 heavy (non-hydrogen) atoms. The summed E-state index contributed by atoms with van der Waals surface area (Å²) in [5.41, 5.74) is 0.858. The van der Waals surface area contributed by atoms with E-state index in [2.05, 4.69) is 11.9 Å². The number of nitrogens with zero attached hydrogens (tertiary/aromatic N) is 2. The van der Waals surface area contributed by atoms with E-state index in [-0.39, 0.29) is 24.2 Å². The molecule has 1 N–H and O–H groups in total. The lowest BCUT2D eigenvalue weighted by Gasteiger charge is -2.24. The number of likely N-dealkylation sites (N-methyl/N-ethyl adjacent to an activating group) is 1. The Morgan fingerprint density at radius 3 is 2.90 bits per heavy atom. The molecule has 0 radical (unpaired) electrons. The molecule has 0 aliphatic carbocycles. The molecule has 0 heterocycles. The van der Waals surface area contributed by atoms with Gasteiger partial charge in [-0.25, -0.2) is 0 Å². The van der Waals surface area contributed by atoms with Gasteiger partial charge in [-0.3, -0.25) is 19.8 Å². The number of rotatable bonds is 7. The average Bonchev–Trinajstić information content (AvgIpc) is 2.44. The third-order valence-corrected chi connectivity index (χ3v) is 3.06. The van der Waals surface area contributed by atoms with Crippen molar-refractivity contribution < 1.29 is 9.72 Å². The van der Waals surface area contributed by atoms with Crippen LogP contribution < -0.4 is 5.32 Å². The highest BCUT2D eigenvalue weighted by Gasteiger charge is 2.16. The summed E-state index contributed by atoms with van der Waals surface area (Å²) in [6.07, 6.45) is 1.61. The lowest BCUT2D eigenvalue weighted by molar-refractivity contribution is -0.384. The van der Waals surface area contributed by atoms with Crippen LogP contribution in [-0.2, 0) is 4.79 Å². The minimum atomic E-state index is -0.424.